The molecule has 4 rings (SSSR count). The number of rotatable bonds is 4. The van der Waals surface area contributed by atoms with Gasteiger partial charge in [-0.05, 0) is 58.8 Å². The molecule has 0 spiro atoms. The van der Waals surface area contributed by atoms with Crippen LogP contribution in [0.2, 0.25) is 0 Å². The van der Waals surface area contributed by atoms with Crippen LogP contribution in [0.15, 0.2) is 60.0 Å². The van der Waals surface area contributed by atoms with Crippen molar-refractivity contribution in [3.63, 3.8) is 0 Å². The molecular weight excluding hydrogens is 399 g/mol. The zero-order valence-corrected chi connectivity index (χ0v) is 16.5. The van der Waals surface area contributed by atoms with Gasteiger partial charge in [0.05, 0.1) is 18.7 Å². The summed E-state index contributed by atoms with van der Waals surface area (Å²) in [5.74, 6) is 0.694. The topological polar surface area (TPSA) is 32.7 Å². The van der Waals surface area contributed by atoms with E-state index >= 15 is 0 Å². The lowest BCUT2D eigenvalue weighted by Crippen LogP contribution is -2.38. The Morgan fingerprint density at radius 3 is 2.38 bits per heavy atom. The molecule has 7 heteroatoms. The number of thiophene rings is 1. The van der Waals surface area contributed by atoms with Crippen molar-refractivity contribution in [2.75, 3.05) is 13.7 Å². The van der Waals surface area contributed by atoms with Crippen molar-refractivity contribution in [3.8, 4) is 5.75 Å². The Morgan fingerprint density at radius 1 is 1.07 bits per heavy atom. The van der Waals surface area contributed by atoms with Gasteiger partial charge in [-0.2, -0.15) is 13.2 Å². The fraction of sp³-hybridized carbons (Fsp3) is 0.273. The van der Waals surface area contributed by atoms with Crippen molar-refractivity contribution in [2.24, 2.45) is 0 Å². The number of hydrogen-bond donors (Lipinski definition) is 1. The number of ether oxygens (including phenoxy) is 1. The molecule has 29 heavy (non-hydrogen) atoms. The number of hydrogen-bond acceptors (Lipinski definition) is 4. The van der Waals surface area contributed by atoms with E-state index in [9.17, 15) is 18.3 Å². The molecule has 2 unspecified atom stereocenters. The van der Waals surface area contributed by atoms with Gasteiger partial charge in [-0.1, -0.05) is 24.3 Å². The van der Waals surface area contributed by atoms with Gasteiger partial charge in [0.15, 0.2) is 0 Å². The van der Waals surface area contributed by atoms with E-state index in [1.54, 1.807) is 42.7 Å². The van der Waals surface area contributed by atoms with Crippen molar-refractivity contribution >= 4 is 11.3 Å². The van der Waals surface area contributed by atoms with Gasteiger partial charge in [0.1, 0.15) is 12.0 Å². The molecule has 0 aliphatic carbocycles. The van der Waals surface area contributed by atoms with Gasteiger partial charge in [0.25, 0.3) is 0 Å². The lowest BCUT2D eigenvalue weighted by Gasteiger charge is -2.39. The average molecular weight is 419 g/mol. The van der Waals surface area contributed by atoms with Gasteiger partial charge in [-0.15, -0.1) is 11.3 Å². The average Bonchev–Trinajstić information content (AvgIpc) is 3.21. The fourth-order valence-electron chi connectivity index (χ4n) is 3.79. The van der Waals surface area contributed by atoms with Crippen molar-refractivity contribution in [1.29, 1.82) is 0 Å². The minimum atomic E-state index is -4.37. The van der Waals surface area contributed by atoms with Gasteiger partial charge in [-0.3, -0.25) is 4.90 Å². The number of halogens is 3. The Hall–Kier alpha value is -2.35. The number of fused-ring (bicyclic) bond motifs is 1. The van der Waals surface area contributed by atoms with Gasteiger partial charge >= 0.3 is 6.18 Å². The van der Waals surface area contributed by atoms with E-state index < -0.39 is 18.0 Å². The molecule has 152 valence electrons. The summed E-state index contributed by atoms with van der Waals surface area (Å²) in [7, 11) is 1.58. The maximum Gasteiger partial charge on any atom is 0.416 e. The van der Waals surface area contributed by atoms with Crippen LogP contribution in [-0.4, -0.2) is 23.7 Å². The number of aliphatic hydroxyl groups excluding tert-OH is 1. The quantitative estimate of drug-likeness (QED) is 0.613. The summed E-state index contributed by atoms with van der Waals surface area (Å²) < 4.78 is 44.1. The summed E-state index contributed by atoms with van der Waals surface area (Å²) in [5.41, 5.74) is 1.80. The smallest absolute Gasteiger partial charge is 0.416 e. The van der Waals surface area contributed by atoms with Crippen LogP contribution in [0.3, 0.4) is 0 Å². The Labute approximate surface area is 171 Å². The van der Waals surface area contributed by atoms with Gasteiger partial charge in [0.2, 0.25) is 0 Å². The van der Waals surface area contributed by atoms with Gasteiger partial charge < -0.3 is 9.84 Å². The molecule has 1 aliphatic rings. The fourth-order valence-corrected chi connectivity index (χ4v) is 4.70. The molecule has 3 nitrogen and oxygen atoms in total. The number of alkyl halides is 3. The molecule has 3 aromatic rings. The van der Waals surface area contributed by atoms with E-state index in [0.29, 0.717) is 17.9 Å². The van der Waals surface area contributed by atoms with Crippen molar-refractivity contribution in [3.05, 3.63) is 87.1 Å². The predicted octanol–water partition coefficient (Wildman–Crippen LogP) is 5.41. The van der Waals surface area contributed by atoms with E-state index in [-0.39, 0.29) is 6.04 Å². The SMILES string of the molecule is COc1ccc(C(O)N2CCc3sccc3C2c2ccc(C(F)(F)F)cc2)cc1. The van der Waals surface area contributed by atoms with Crippen LogP contribution < -0.4 is 4.74 Å². The molecule has 0 bridgehead atoms. The molecule has 2 heterocycles. The number of benzene rings is 2. The third-order valence-corrected chi connectivity index (χ3v) is 6.28. The maximum absolute atomic E-state index is 13.0. The normalized spacial score (nSPS) is 18.3. The summed E-state index contributed by atoms with van der Waals surface area (Å²) in [6.07, 6.45) is -4.47. The molecule has 0 fully saturated rings. The molecule has 2 atom stereocenters. The van der Waals surface area contributed by atoms with Crippen molar-refractivity contribution in [2.45, 2.75) is 24.9 Å². The Balaban J connectivity index is 1.71. The van der Waals surface area contributed by atoms with Gasteiger partial charge in [0, 0.05) is 11.4 Å². The summed E-state index contributed by atoms with van der Waals surface area (Å²) in [6, 6.07) is 14.1. The number of methoxy groups -OCH3 is 1. The van der Waals surface area contributed by atoms with E-state index in [2.05, 4.69) is 0 Å². The number of aliphatic hydroxyl groups is 1. The second-order valence-electron chi connectivity index (χ2n) is 6.96. The lowest BCUT2D eigenvalue weighted by molar-refractivity contribution is -0.137. The predicted molar refractivity (Wildman–Crippen MR) is 106 cm³/mol. The first-order valence-corrected chi connectivity index (χ1v) is 10.1. The molecule has 0 saturated carbocycles. The third-order valence-electron chi connectivity index (χ3n) is 5.29. The zero-order valence-electron chi connectivity index (χ0n) is 15.7. The first kappa shape index (κ1) is 19.9. The summed E-state index contributed by atoms with van der Waals surface area (Å²) in [5, 5.41) is 13.1. The lowest BCUT2D eigenvalue weighted by atomic mass is 9.91. The minimum absolute atomic E-state index is 0.315. The molecular formula is C22H20F3NO2S. The van der Waals surface area contributed by atoms with Crippen LogP contribution >= 0.6 is 11.3 Å². The molecule has 1 aromatic heterocycles. The van der Waals surface area contributed by atoms with Crippen LogP contribution in [0, 0.1) is 0 Å². The monoisotopic (exact) mass is 419 g/mol. The highest BCUT2D eigenvalue weighted by Crippen LogP contribution is 2.42. The van der Waals surface area contributed by atoms with E-state index in [1.807, 2.05) is 16.3 Å². The second-order valence-corrected chi connectivity index (χ2v) is 7.96. The van der Waals surface area contributed by atoms with E-state index in [4.69, 9.17) is 4.74 Å². The largest absolute Gasteiger partial charge is 0.497 e. The van der Waals surface area contributed by atoms with Crippen LogP contribution in [0.25, 0.3) is 0 Å². The molecule has 1 aliphatic heterocycles. The molecule has 0 radical (unpaired) electrons. The van der Waals surface area contributed by atoms with Crippen LogP contribution in [-0.2, 0) is 12.6 Å². The van der Waals surface area contributed by atoms with Crippen LogP contribution in [0.5, 0.6) is 5.75 Å². The van der Waals surface area contributed by atoms with Crippen molar-refractivity contribution in [1.82, 2.24) is 4.90 Å². The Kier molecular flexibility index (Phi) is 5.38. The zero-order chi connectivity index (χ0) is 20.6. The standard InChI is InChI=1S/C22H20F3NO2S/c1-28-17-8-4-15(5-9-17)21(27)26-12-10-19-18(11-13-29-19)20(26)14-2-6-16(7-3-14)22(23,24)25/h2-9,11,13,20-21,27H,10,12H2,1H3. The Bertz CT molecular complexity index is 967. The molecule has 0 amide bonds. The van der Waals surface area contributed by atoms with Crippen LogP contribution in [0.1, 0.15) is 39.4 Å². The molecule has 0 saturated heterocycles. The highest BCUT2D eigenvalue weighted by Gasteiger charge is 2.35. The van der Waals surface area contributed by atoms with E-state index in [1.165, 1.54) is 17.0 Å². The maximum atomic E-state index is 13.0. The van der Waals surface area contributed by atoms with Crippen molar-refractivity contribution < 1.29 is 23.0 Å². The van der Waals surface area contributed by atoms with E-state index in [0.717, 1.165) is 29.7 Å². The third kappa shape index (κ3) is 3.90. The molecule has 2 aromatic carbocycles. The highest BCUT2D eigenvalue weighted by atomic mass is 32.1. The highest BCUT2D eigenvalue weighted by molar-refractivity contribution is 7.10. The van der Waals surface area contributed by atoms with Crippen LogP contribution in [0.4, 0.5) is 13.2 Å². The Morgan fingerprint density at radius 2 is 1.76 bits per heavy atom. The minimum Gasteiger partial charge on any atom is -0.497 e. The summed E-state index contributed by atoms with van der Waals surface area (Å²) in [4.78, 5) is 3.13. The number of nitrogens with zero attached hydrogens (tertiary/aromatic N) is 1. The summed E-state index contributed by atoms with van der Waals surface area (Å²) in [6.45, 7) is 0.604. The first-order valence-electron chi connectivity index (χ1n) is 9.19. The summed E-state index contributed by atoms with van der Waals surface area (Å²) >= 11 is 1.64. The first-order chi connectivity index (χ1) is 13.9. The van der Waals surface area contributed by atoms with Gasteiger partial charge in [-0.25, -0.2) is 0 Å². The second kappa shape index (κ2) is 7.82. The molecule has 1 N–H and O–H groups in total.